The first-order valence-electron chi connectivity index (χ1n) is 7.69. The van der Waals surface area contributed by atoms with Crippen molar-refractivity contribution in [1.29, 1.82) is 0 Å². The first-order valence-corrected chi connectivity index (χ1v) is 7.69. The van der Waals surface area contributed by atoms with Gasteiger partial charge in [0.2, 0.25) is 5.95 Å². The largest absolute Gasteiger partial charge is 0.493 e. The summed E-state index contributed by atoms with van der Waals surface area (Å²) >= 11 is 0. The monoisotopic (exact) mass is 316 g/mol. The Morgan fingerprint density at radius 2 is 1.87 bits per heavy atom. The van der Waals surface area contributed by atoms with E-state index in [0.29, 0.717) is 12.2 Å². The highest BCUT2D eigenvalue weighted by atomic mass is 16.5. The van der Waals surface area contributed by atoms with Crippen LogP contribution in [-0.2, 0) is 12.8 Å². The number of nitrogens with zero attached hydrogens (tertiary/aromatic N) is 2. The number of hydrogen-bond donors (Lipinski definition) is 2. The van der Waals surface area contributed by atoms with Crippen LogP contribution in [0.2, 0.25) is 0 Å². The lowest BCUT2D eigenvalue weighted by Crippen LogP contribution is -2.05. The molecule has 1 aromatic carbocycles. The number of nitrogens with two attached hydrogens (primary N) is 2. The maximum Gasteiger partial charge on any atom is 0.221 e. The summed E-state index contributed by atoms with van der Waals surface area (Å²) in [4.78, 5) is 8.02. The molecule has 0 saturated heterocycles. The molecule has 0 amide bonds. The van der Waals surface area contributed by atoms with E-state index in [1.807, 2.05) is 6.07 Å². The maximum atomic E-state index is 5.93. The number of methoxy groups -OCH3 is 2. The van der Waals surface area contributed by atoms with Gasteiger partial charge in [-0.25, -0.2) is 4.98 Å². The van der Waals surface area contributed by atoms with Gasteiger partial charge in [-0.3, -0.25) is 0 Å². The lowest BCUT2D eigenvalue weighted by molar-refractivity contribution is 0.351. The SMILES string of the molecule is CCCCc1cc(Cc2cnc(N)nc2N)cc(OC)c1OC. The minimum absolute atomic E-state index is 0.183. The van der Waals surface area contributed by atoms with Gasteiger partial charge < -0.3 is 20.9 Å². The van der Waals surface area contributed by atoms with E-state index in [9.17, 15) is 0 Å². The van der Waals surface area contributed by atoms with Gasteiger partial charge in [0.15, 0.2) is 11.5 Å². The molecule has 0 fully saturated rings. The van der Waals surface area contributed by atoms with Crippen molar-refractivity contribution in [3.63, 3.8) is 0 Å². The molecule has 0 saturated carbocycles. The van der Waals surface area contributed by atoms with E-state index in [2.05, 4.69) is 23.0 Å². The van der Waals surface area contributed by atoms with Gasteiger partial charge in [-0.2, -0.15) is 4.98 Å². The predicted octanol–water partition coefficient (Wildman–Crippen LogP) is 2.59. The zero-order valence-electron chi connectivity index (χ0n) is 13.9. The number of benzene rings is 1. The van der Waals surface area contributed by atoms with E-state index in [1.165, 1.54) is 0 Å². The van der Waals surface area contributed by atoms with Gasteiger partial charge in [0.25, 0.3) is 0 Å². The summed E-state index contributed by atoms with van der Waals surface area (Å²) in [6.07, 6.45) is 5.44. The summed E-state index contributed by atoms with van der Waals surface area (Å²) in [5.74, 6) is 2.11. The third-order valence-corrected chi connectivity index (χ3v) is 3.73. The second-order valence-electron chi connectivity index (χ2n) is 5.41. The minimum atomic E-state index is 0.183. The van der Waals surface area contributed by atoms with Crippen molar-refractivity contribution in [3.05, 3.63) is 35.0 Å². The molecule has 1 heterocycles. The molecule has 0 spiro atoms. The van der Waals surface area contributed by atoms with Crippen molar-refractivity contribution in [3.8, 4) is 11.5 Å². The Balaban J connectivity index is 2.37. The van der Waals surface area contributed by atoms with Crippen molar-refractivity contribution < 1.29 is 9.47 Å². The van der Waals surface area contributed by atoms with Crippen LogP contribution in [-0.4, -0.2) is 24.2 Å². The van der Waals surface area contributed by atoms with Gasteiger partial charge in [-0.05, 0) is 30.0 Å². The lowest BCUT2D eigenvalue weighted by atomic mass is 9.99. The molecule has 0 bridgehead atoms. The van der Waals surface area contributed by atoms with E-state index < -0.39 is 0 Å². The highest BCUT2D eigenvalue weighted by molar-refractivity contribution is 5.52. The predicted molar refractivity (Wildman–Crippen MR) is 91.8 cm³/mol. The molecule has 2 aromatic rings. The van der Waals surface area contributed by atoms with Crippen LogP contribution in [0.4, 0.5) is 11.8 Å². The van der Waals surface area contributed by atoms with Gasteiger partial charge in [0.05, 0.1) is 14.2 Å². The van der Waals surface area contributed by atoms with E-state index in [0.717, 1.165) is 47.5 Å². The van der Waals surface area contributed by atoms with Gasteiger partial charge in [0, 0.05) is 18.2 Å². The maximum absolute atomic E-state index is 5.93. The molecule has 0 unspecified atom stereocenters. The fraction of sp³-hybridized carbons (Fsp3) is 0.412. The number of ether oxygens (including phenoxy) is 2. The summed E-state index contributed by atoms with van der Waals surface area (Å²) in [5.41, 5.74) is 14.5. The van der Waals surface area contributed by atoms with E-state index >= 15 is 0 Å². The highest BCUT2D eigenvalue weighted by Crippen LogP contribution is 2.34. The summed E-state index contributed by atoms with van der Waals surface area (Å²) in [7, 11) is 3.31. The standard InChI is InChI=1S/C17H24N4O2/c1-4-5-6-12-7-11(9-14(22-2)15(12)23-3)8-13-10-20-17(19)21-16(13)18/h7,9-10H,4-6,8H2,1-3H3,(H4,18,19,20,21). The zero-order valence-corrected chi connectivity index (χ0v) is 13.9. The molecule has 23 heavy (non-hydrogen) atoms. The van der Waals surface area contributed by atoms with Crippen LogP contribution in [0.1, 0.15) is 36.5 Å². The third-order valence-electron chi connectivity index (χ3n) is 3.73. The van der Waals surface area contributed by atoms with Crippen molar-refractivity contribution in [2.24, 2.45) is 0 Å². The smallest absolute Gasteiger partial charge is 0.221 e. The molecule has 0 radical (unpaired) electrons. The quantitative estimate of drug-likeness (QED) is 0.815. The number of nitrogen functional groups attached to an aromatic ring is 2. The number of aromatic nitrogens is 2. The van der Waals surface area contributed by atoms with Crippen molar-refractivity contribution in [2.45, 2.75) is 32.6 Å². The van der Waals surface area contributed by atoms with Crippen molar-refractivity contribution in [2.75, 3.05) is 25.7 Å². The first kappa shape index (κ1) is 16.9. The molecule has 6 heteroatoms. The Bertz CT molecular complexity index is 674. The van der Waals surface area contributed by atoms with Crippen LogP contribution < -0.4 is 20.9 Å². The molecular formula is C17H24N4O2. The molecule has 0 aliphatic heterocycles. The van der Waals surface area contributed by atoms with E-state index in [1.54, 1.807) is 20.4 Å². The van der Waals surface area contributed by atoms with Crippen molar-refractivity contribution in [1.82, 2.24) is 9.97 Å². The van der Waals surface area contributed by atoms with E-state index in [-0.39, 0.29) is 5.95 Å². The number of rotatable bonds is 7. The van der Waals surface area contributed by atoms with Crippen LogP contribution in [0, 0.1) is 0 Å². The van der Waals surface area contributed by atoms with Gasteiger partial charge in [-0.1, -0.05) is 19.4 Å². The summed E-state index contributed by atoms with van der Waals surface area (Å²) in [6, 6.07) is 4.09. The molecule has 1 aromatic heterocycles. The Labute approximate surface area is 136 Å². The van der Waals surface area contributed by atoms with E-state index in [4.69, 9.17) is 20.9 Å². The number of anilines is 2. The van der Waals surface area contributed by atoms with Crippen molar-refractivity contribution >= 4 is 11.8 Å². The topological polar surface area (TPSA) is 96.3 Å². The Morgan fingerprint density at radius 3 is 2.48 bits per heavy atom. The Hall–Kier alpha value is -2.50. The average Bonchev–Trinajstić information content (AvgIpc) is 2.54. The summed E-state index contributed by atoms with van der Waals surface area (Å²) in [5, 5.41) is 0. The molecular weight excluding hydrogens is 292 g/mol. The van der Waals surface area contributed by atoms with Gasteiger partial charge >= 0.3 is 0 Å². The molecule has 4 N–H and O–H groups in total. The second-order valence-corrected chi connectivity index (χ2v) is 5.41. The second kappa shape index (κ2) is 7.67. The van der Waals surface area contributed by atoms with Gasteiger partial charge in [-0.15, -0.1) is 0 Å². The van der Waals surface area contributed by atoms with Crippen LogP contribution in [0.5, 0.6) is 11.5 Å². The molecule has 6 nitrogen and oxygen atoms in total. The van der Waals surface area contributed by atoms with Crippen LogP contribution in [0.25, 0.3) is 0 Å². The molecule has 124 valence electrons. The fourth-order valence-corrected chi connectivity index (χ4v) is 2.55. The highest BCUT2D eigenvalue weighted by Gasteiger charge is 2.13. The molecule has 0 atom stereocenters. The fourth-order valence-electron chi connectivity index (χ4n) is 2.55. The first-order chi connectivity index (χ1) is 11.1. The van der Waals surface area contributed by atoms with Crippen LogP contribution in [0.15, 0.2) is 18.3 Å². The van der Waals surface area contributed by atoms with Crippen LogP contribution in [0.3, 0.4) is 0 Å². The lowest BCUT2D eigenvalue weighted by Gasteiger charge is -2.15. The Kier molecular flexibility index (Phi) is 5.62. The molecule has 0 aliphatic rings. The number of unbranched alkanes of at least 4 members (excludes halogenated alkanes) is 1. The molecule has 0 aliphatic carbocycles. The summed E-state index contributed by atoms with van der Waals surface area (Å²) in [6.45, 7) is 2.17. The van der Waals surface area contributed by atoms with Gasteiger partial charge in [0.1, 0.15) is 5.82 Å². The normalized spacial score (nSPS) is 10.6. The average molecular weight is 316 g/mol. The minimum Gasteiger partial charge on any atom is -0.493 e. The third kappa shape index (κ3) is 4.03. The number of hydrogen-bond acceptors (Lipinski definition) is 6. The zero-order chi connectivity index (χ0) is 16.8. The Morgan fingerprint density at radius 1 is 1.09 bits per heavy atom. The summed E-state index contributed by atoms with van der Waals surface area (Å²) < 4.78 is 11.0. The number of aryl methyl sites for hydroxylation is 1. The van der Waals surface area contributed by atoms with Crippen LogP contribution >= 0.6 is 0 Å². The molecule has 2 rings (SSSR count).